The fourth-order valence-corrected chi connectivity index (χ4v) is 4.59. The molecule has 0 aromatic heterocycles. The first-order chi connectivity index (χ1) is 18.3. The molecule has 1 aliphatic heterocycles. The van der Waals surface area contributed by atoms with E-state index < -0.39 is 5.97 Å². The van der Waals surface area contributed by atoms with Gasteiger partial charge < -0.3 is 15.0 Å². The van der Waals surface area contributed by atoms with Gasteiger partial charge in [-0.2, -0.15) is 0 Å². The van der Waals surface area contributed by atoms with Gasteiger partial charge in [0.2, 0.25) is 5.91 Å². The minimum absolute atomic E-state index is 0.0813. The van der Waals surface area contributed by atoms with Gasteiger partial charge in [0.05, 0.1) is 18.7 Å². The zero-order valence-electron chi connectivity index (χ0n) is 21.8. The highest BCUT2D eigenvalue weighted by Crippen LogP contribution is 2.37. The summed E-state index contributed by atoms with van der Waals surface area (Å²) >= 11 is 0. The number of hydrogen-bond acceptors (Lipinski definition) is 4. The molecule has 0 spiro atoms. The number of amides is 2. The van der Waals surface area contributed by atoms with Crippen LogP contribution >= 0.6 is 0 Å². The van der Waals surface area contributed by atoms with Crippen LogP contribution in [-0.2, 0) is 27.4 Å². The number of ether oxygens (including phenoxy) is 1. The van der Waals surface area contributed by atoms with Gasteiger partial charge >= 0.3 is 5.97 Å². The molecule has 3 aromatic rings. The summed E-state index contributed by atoms with van der Waals surface area (Å²) in [6, 6.07) is 20.8. The predicted octanol–water partition coefficient (Wildman–Crippen LogP) is 5.42. The summed E-state index contributed by atoms with van der Waals surface area (Å²) in [4.78, 5) is 40.4. The molecule has 0 unspecified atom stereocenters. The van der Waals surface area contributed by atoms with Crippen molar-refractivity contribution in [3.05, 3.63) is 118 Å². The Labute approximate surface area is 222 Å². The third-order valence-electron chi connectivity index (χ3n) is 6.72. The van der Waals surface area contributed by atoms with E-state index in [1.807, 2.05) is 31.2 Å². The largest absolute Gasteiger partial charge is 0.463 e. The van der Waals surface area contributed by atoms with E-state index in [9.17, 15) is 18.8 Å². The molecular weight excluding hydrogens is 483 g/mol. The summed E-state index contributed by atoms with van der Waals surface area (Å²) in [7, 11) is 0. The number of rotatable bonds is 8. The number of allylic oxidation sites excluding steroid dienone is 1. The Morgan fingerprint density at radius 3 is 2.21 bits per heavy atom. The third kappa shape index (κ3) is 6.17. The lowest BCUT2D eigenvalue weighted by Gasteiger charge is -2.34. The van der Waals surface area contributed by atoms with Crippen molar-refractivity contribution < 1.29 is 23.5 Å². The van der Waals surface area contributed by atoms with E-state index in [1.165, 1.54) is 12.1 Å². The fraction of sp³-hybridized carbons (Fsp3) is 0.258. The summed E-state index contributed by atoms with van der Waals surface area (Å²) in [5.74, 6) is -1.45. The molecule has 0 aliphatic carbocycles. The highest BCUT2D eigenvalue weighted by molar-refractivity contribution is 5.96. The lowest BCUT2D eigenvalue weighted by atomic mass is 9.83. The number of esters is 1. The molecule has 1 heterocycles. The summed E-state index contributed by atoms with van der Waals surface area (Å²) in [6.07, 6.45) is 0.165. The van der Waals surface area contributed by atoms with Crippen molar-refractivity contribution >= 4 is 17.8 Å². The third-order valence-corrected chi connectivity index (χ3v) is 6.72. The summed E-state index contributed by atoms with van der Waals surface area (Å²) < 4.78 is 18.4. The molecule has 0 fully saturated rings. The lowest BCUT2D eigenvalue weighted by molar-refractivity contribution is -0.140. The first kappa shape index (κ1) is 26.8. The van der Waals surface area contributed by atoms with Crippen molar-refractivity contribution in [3.8, 4) is 0 Å². The minimum atomic E-state index is -0.416. The molecule has 1 aliphatic rings. The van der Waals surface area contributed by atoms with Gasteiger partial charge in [-0.15, -0.1) is 0 Å². The Kier molecular flexibility index (Phi) is 8.36. The number of carbonyl (C=O) groups excluding carboxylic acids is 3. The van der Waals surface area contributed by atoms with Crippen LogP contribution < -0.4 is 5.32 Å². The van der Waals surface area contributed by atoms with Gasteiger partial charge in [0.1, 0.15) is 5.82 Å². The second kappa shape index (κ2) is 11.9. The van der Waals surface area contributed by atoms with Crippen molar-refractivity contribution in [1.82, 2.24) is 10.2 Å². The van der Waals surface area contributed by atoms with Gasteiger partial charge in [0.25, 0.3) is 5.91 Å². The fourth-order valence-electron chi connectivity index (χ4n) is 4.59. The Bertz CT molecular complexity index is 1350. The second-order valence-corrected chi connectivity index (χ2v) is 9.37. The Morgan fingerprint density at radius 1 is 0.947 bits per heavy atom. The maximum absolute atomic E-state index is 13.3. The molecule has 3 aromatic carbocycles. The monoisotopic (exact) mass is 514 g/mol. The van der Waals surface area contributed by atoms with Crippen LogP contribution in [0.2, 0.25) is 0 Å². The van der Waals surface area contributed by atoms with Crippen molar-refractivity contribution in [1.29, 1.82) is 0 Å². The van der Waals surface area contributed by atoms with Crippen LogP contribution in [0, 0.1) is 12.7 Å². The molecule has 7 heteroatoms. The molecule has 0 radical (unpaired) electrons. The maximum atomic E-state index is 13.3. The zero-order chi connectivity index (χ0) is 27.2. The SMILES string of the molecule is CCOC(=O)C1=C(C)N(Cc2ccc(C(=O)NCc3ccc(F)cc3)cc2)C(=O)C[C@H]1c1ccc(C)cc1. The number of carbonyl (C=O) groups is 3. The number of benzene rings is 3. The van der Waals surface area contributed by atoms with Crippen LogP contribution in [0.15, 0.2) is 84.1 Å². The summed E-state index contributed by atoms with van der Waals surface area (Å²) in [6.45, 7) is 6.33. The molecule has 196 valence electrons. The molecule has 4 rings (SSSR count). The first-order valence-corrected chi connectivity index (χ1v) is 12.6. The smallest absolute Gasteiger partial charge is 0.336 e. The highest BCUT2D eigenvalue weighted by Gasteiger charge is 2.36. The summed E-state index contributed by atoms with van der Waals surface area (Å²) in [5.41, 5.74) is 5.16. The van der Waals surface area contributed by atoms with E-state index in [4.69, 9.17) is 4.74 Å². The van der Waals surface area contributed by atoms with Crippen LogP contribution in [0.5, 0.6) is 0 Å². The van der Waals surface area contributed by atoms with E-state index >= 15 is 0 Å². The highest BCUT2D eigenvalue weighted by atomic mass is 19.1. The van der Waals surface area contributed by atoms with Gasteiger partial charge in [-0.05, 0) is 61.7 Å². The topological polar surface area (TPSA) is 75.7 Å². The van der Waals surface area contributed by atoms with Crippen LogP contribution in [0.1, 0.15) is 58.8 Å². The lowest BCUT2D eigenvalue weighted by Crippen LogP contribution is -2.38. The van der Waals surface area contributed by atoms with Crippen molar-refractivity contribution in [2.45, 2.75) is 46.2 Å². The van der Waals surface area contributed by atoms with Gasteiger partial charge in [-0.25, -0.2) is 9.18 Å². The van der Waals surface area contributed by atoms with E-state index in [2.05, 4.69) is 5.32 Å². The van der Waals surface area contributed by atoms with Crippen LogP contribution in [0.3, 0.4) is 0 Å². The van der Waals surface area contributed by atoms with E-state index in [1.54, 1.807) is 55.1 Å². The van der Waals surface area contributed by atoms with Crippen molar-refractivity contribution in [2.75, 3.05) is 6.61 Å². The summed E-state index contributed by atoms with van der Waals surface area (Å²) in [5, 5.41) is 2.82. The average molecular weight is 515 g/mol. The molecule has 1 N–H and O–H groups in total. The van der Waals surface area contributed by atoms with Gasteiger partial charge in [-0.3, -0.25) is 9.59 Å². The number of nitrogens with zero attached hydrogens (tertiary/aromatic N) is 1. The molecule has 6 nitrogen and oxygen atoms in total. The molecule has 0 saturated heterocycles. The minimum Gasteiger partial charge on any atom is -0.463 e. The van der Waals surface area contributed by atoms with Gasteiger partial charge in [0, 0.05) is 30.1 Å². The van der Waals surface area contributed by atoms with E-state index in [0.29, 0.717) is 16.8 Å². The quantitative estimate of drug-likeness (QED) is 0.408. The van der Waals surface area contributed by atoms with Crippen molar-refractivity contribution in [3.63, 3.8) is 0 Å². The number of hydrogen-bond donors (Lipinski definition) is 1. The number of aryl methyl sites for hydroxylation is 1. The number of nitrogens with one attached hydrogen (secondary N) is 1. The molecular formula is C31H31FN2O4. The molecule has 1 atom stereocenters. The van der Waals surface area contributed by atoms with Crippen LogP contribution in [-0.4, -0.2) is 29.3 Å². The molecule has 0 saturated carbocycles. The molecule has 38 heavy (non-hydrogen) atoms. The maximum Gasteiger partial charge on any atom is 0.336 e. The molecule has 2 amide bonds. The average Bonchev–Trinajstić information content (AvgIpc) is 2.91. The zero-order valence-corrected chi connectivity index (χ0v) is 21.8. The Morgan fingerprint density at radius 2 is 1.58 bits per heavy atom. The first-order valence-electron chi connectivity index (χ1n) is 12.6. The second-order valence-electron chi connectivity index (χ2n) is 9.37. The normalized spacial score (nSPS) is 15.4. The molecule has 0 bridgehead atoms. The van der Waals surface area contributed by atoms with Crippen LogP contribution in [0.25, 0.3) is 0 Å². The van der Waals surface area contributed by atoms with Crippen LogP contribution in [0.4, 0.5) is 4.39 Å². The van der Waals surface area contributed by atoms with E-state index in [0.717, 1.165) is 22.3 Å². The van der Waals surface area contributed by atoms with Crippen molar-refractivity contribution in [2.24, 2.45) is 0 Å². The van der Waals surface area contributed by atoms with E-state index in [-0.39, 0.29) is 49.7 Å². The Balaban J connectivity index is 1.50. The van der Waals surface area contributed by atoms with Gasteiger partial charge in [0.15, 0.2) is 0 Å². The predicted molar refractivity (Wildman–Crippen MR) is 142 cm³/mol. The Hall–Kier alpha value is -4.26. The van der Waals surface area contributed by atoms with Gasteiger partial charge in [-0.1, -0.05) is 54.1 Å². The standard InChI is InChI=1S/C31H31FN2O4/c1-4-38-31(37)29-21(3)34(28(35)17-27(29)24-11-5-20(2)6-12-24)19-23-7-13-25(14-8-23)30(36)33-18-22-9-15-26(32)16-10-22/h5-16,27H,4,17-19H2,1-3H3,(H,33,36)/t27-/m0/s1. The number of halogens is 1.